The molecule has 0 saturated heterocycles. The monoisotopic (exact) mass is 383 g/mol. The van der Waals surface area contributed by atoms with Gasteiger partial charge in [0.25, 0.3) is 0 Å². The first kappa shape index (κ1) is 21.5. The van der Waals surface area contributed by atoms with Crippen LogP contribution in [0.1, 0.15) is 29.2 Å². The number of hydrogen-bond acceptors (Lipinski definition) is 5. The molecule has 0 heterocycles. The summed E-state index contributed by atoms with van der Waals surface area (Å²) in [7, 11) is 1.54. The van der Waals surface area contributed by atoms with E-state index in [1.165, 1.54) is 12.7 Å². The van der Waals surface area contributed by atoms with Gasteiger partial charge in [-0.1, -0.05) is 41.6 Å². The summed E-state index contributed by atoms with van der Waals surface area (Å²) in [5, 5.41) is 3.74. The molecule has 0 bridgehead atoms. The maximum atomic E-state index is 5.84. The molecule has 0 aliphatic heterocycles. The topological polar surface area (TPSA) is 49.3 Å². The van der Waals surface area contributed by atoms with Crippen molar-refractivity contribution < 1.29 is 19.0 Å². The molecule has 0 aliphatic rings. The predicted molar refractivity (Wildman–Crippen MR) is 112 cm³/mol. The Kier molecular flexibility index (Phi) is 9.08. The second-order valence-electron chi connectivity index (χ2n) is 6.37. The molecule has 0 atom stereocenters. The third kappa shape index (κ3) is 7.08. The van der Waals surface area contributed by atoms with Crippen LogP contribution in [-0.4, -0.2) is 26.7 Å². The van der Waals surface area contributed by atoms with Crippen LogP contribution in [0.2, 0.25) is 0 Å². The van der Waals surface area contributed by atoms with Gasteiger partial charge >= 0.3 is 0 Å². The molecule has 0 radical (unpaired) electrons. The summed E-state index contributed by atoms with van der Waals surface area (Å²) >= 11 is 0. The van der Waals surface area contributed by atoms with Crippen LogP contribution in [-0.2, 0) is 22.6 Å². The van der Waals surface area contributed by atoms with Crippen LogP contribution in [0, 0.1) is 13.8 Å². The molecule has 2 rings (SSSR count). The molecular weight excluding hydrogens is 354 g/mol. The van der Waals surface area contributed by atoms with Gasteiger partial charge in [-0.3, -0.25) is 0 Å². The first-order valence-corrected chi connectivity index (χ1v) is 9.32. The molecule has 2 aromatic carbocycles. The minimum absolute atomic E-state index is 0.197. The average molecular weight is 383 g/mol. The van der Waals surface area contributed by atoms with E-state index in [1.807, 2.05) is 57.2 Å². The lowest BCUT2D eigenvalue weighted by Gasteiger charge is -2.14. The van der Waals surface area contributed by atoms with Crippen LogP contribution < -0.4 is 9.47 Å². The molecular formula is C23H29NO4. The normalized spacial score (nSPS) is 11.3. The zero-order valence-electron chi connectivity index (χ0n) is 17.1. The maximum Gasteiger partial charge on any atom is 0.189 e. The largest absolute Gasteiger partial charge is 0.490 e. The Morgan fingerprint density at radius 1 is 0.964 bits per heavy atom. The van der Waals surface area contributed by atoms with Crippen LogP contribution in [0.25, 0.3) is 0 Å². The number of oxime groups is 1. The molecule has 0 fully saturated rings. The predicted octanol–water partition coefficient (Wildman–Crippen LogP) is 4.99. The summed E-state index contributed by atoms with van der Waals surface area (Å²) in [6, 6.07) is 12.2. The van der Waals surface area contributed by atoms with Gasteiger partial charge in [0.05, 0.1) is 6.61 Å². The van der Waals surface area contributed by atoms with Gasteiger partial charge in [0, 0.05) is 12.6 Å². The number of hydrogen-bond donors (Lipinski definition) is 0. The van der Waals surface area contributed by atoms with E-state index in [1.54, 1.807) is 6.21 Å². The standard InChI is InChI=1S/C23H29NO4/c1-5-6-13-27-22-14-18(2)23(19(3)15-22)28-17-26-16-21-9-7-20(8-10-21)11-12-24-25-4/h5-10,12,14-15H,11,13,16-17H2,1-4H3/b6-5+,24-12+. The molecule has 0 spiro atoms. The van der Waals surface area contributed by atoms with E-state index in [0.717, 1.165) is 34.6 Å². The number of aryl methyl sites for hydroxylation is 2. The van der Waals surface area contributed by atoms with Gasteiger partial charge < -0.3 is 19.0 Å². The van der Waals surface area contributed by atoms with Crippen molar-refractivity contribution in [2.45, 2.75) is 33.8 Å². The van der Waals surface area contributed by atoms with E-state index >= 15 is 0 Å². The number of benzene rings is 2. The molecule has 5 nitrogen and oxygen atoms in total. The zero-order valence-corrected chi connectivity index (χ0v) is 17.1. The molecule has 0 amide bonds. The molecule has 0 aliphatic carbocycles. The Morgan fingerprint density at radius 3 is 2.29 bits per heavy atom. The van der Waals surface area contributed by atoms with Crippen LogP contribution >= 0.6 is 0 Å². The highest BCUT2D eigenvalue weighted by atomic mass is 16.7. The van der Waals surface area contributed by atoms with Gasteiger partial charge in [0.1, 0.15) is 25.2 Å². The average Bonchev–Trinajstić information content (AvgIpc) is 2.68. The van der Waals surface area contributed by atoms with Crippen LogP contribution in [0.5, 0.6) is 11.5 Å². The highest BCUT2D eigenvalue weighted by Crippen LogP contribution is 2.28. The second-order valence-corrected chi connectivity index (χ2v) is 6.37. The zero-order chi connectivity index (χ0) is 20.2. The fourth-order valence-electron chi connectivity index (χ4n) is 2.71. The SMILES string of the molecule is C/C=C/COc1cc(C)c(OCOCc2ccc(C/C=N/OC)cc2)c(C)c1. The number of nitrogens with zero attached hydrogens (tertiary/aromatic N) is 1. The molecule has 150 valence electrons. The highest BCUT2D eigenvalue weighted by Gasteiger charge is 2.07. The minimum Gasteiger partial charge on any atom is -0.490 e. The second kappa shape index (κ2) is 11.8. The maximum absolute atomic E-state index is 5.84. The van der Waals surface area contributed by atoms with Crippen molar-refractivity contribution in [3.63, 3.8) is 0 Å². The summed E-state index contributed by atoms with van der Waals surface area (Å²) in [6.45, 7) is 7.25. The lowest BCUT2D eigenvalue weighted by Crippen LogP contribution is -2.06. The minimum atomic E-state index is 0.197. The summed E-state index contributed by atoms with van der Waals surface area (Å²) in [5.41, 5.74) is 4.32. The molecule has 0 unspecified atom stereocenters. The van der Waals surface area contributed by atoms with Gasteiger partial charge in [-0.05, 0) is 55.2 Å². The fraction of sp³-hybridized carbons (Fsp3) is 0.348. The van der Waals surface area contributed by atoms with E-state index in [-0.39, 0.29) is 6.79 Å². The van der Waals surface area contributed by atoms with E-state index in [4.69, 9.17) is 14.2 Å². The van der Waals surface area contributed by atoms with Gasteiger partial charge in [-0.25, -0.2) is 0 Å². The Bertz CT molecular complexity index is 759. The lowest BCUT2D eigenvalue weighted by molar-refractivity contribution is 0.00427. The van der Waals surface area contributed by atoms with Crippen LogP contribution in [0.3, 0.4) is 0 Å². The molecule has 0 N–H and O–H groups in total. The Hall–Kier alpha value is -2.79. The molecule has 2 aromatic rings. The lowest BCUT2D eigenvalue weighted by atomic mass is 10.1. The van der Waals surface area contributed by atoms with Gasteiger partial charge in [-0.2, -0.15) is 0 Å². The van der Waals surface area contributed by atoms with E-state index in [9.17, 15) is 0 Å². The smallest absolute Gasteiger partial charge is 0.189 e. The van der Waals surface area contributed by atoms with Crippen molar-refractivity contribution in [3.05, 3.63) is 70.8 Å². The van der Waals surface area contributed by atoms with Gasteiger partial charge in [-0.15, -0.1) is 0 Å². The third-order valence-corrected chi connectivity index (χ3v) is 4.10. The van der Waals surface area contributed by atoms with E-state index in [0.29, 0.717) is 13.2 Å². The molecule has 5 heteroatoms. The summed E-state index contributed by atoms with van der Waals surface area (Å²) in [5.74, 6) is 1.68. The summed E-state index contributed by atoms with van der Waals surface area (Å²) in [6.07, 6.45) is 6.42. The molecule has 28 heavy (non-hydrogen) atoms. The summed E-state index contributed by atoms with van der Waals surface area (Å²) < 4.78 is 17.2. The number of rotatable bonds is 11. The number of allylic oxidation sites excluding steroid dienone is 1. The first-order valence-electron chi connectivity index (χ1n) is 9.32. The third-order valence-electron chi connectivity index (χ3n) is 4.10. The first-order chi connectivity index (χ1) is 13.6. The quantitative estimate of drug-likeness (QED) is 0.180. The fourth-order valence-corrected chi connectivity index (χ4v) is 2.71. The van der Waals surface area contributed by atoms with Crippen LogP contribution in [0.4, 0.5) is 0 Å². The van der Waals surface area contributed by atoms with Crippen molar-refractivity contribution in [1.82, 2.24) is 0 Å². The van der Waals surface area contributed by atoms with Crippen molar-refractivity contribution in [2.75, 3.05) is 20.5 Å². The van der Waals surface area contributed by atoms with Crippen molar-refractivity contribution in [3.8, 4) is 11.5 Å². The molecule has 0 saturated carbocycles. The van der Waals surface area contributed by atoms with E-state index in [2.05, 4.69) is 22.1 Å². The summed E-state index contributed by atoms with van der Waals surface area (Å²) in [4.78, 5) is 4.66. The highest BCUT2D eigenvalue weighted by molar-refractivity contribution is 5.60. The molecule has 0 aromatic heterocycles. The Balaban J connectivity index is 1.80. The van der Waals surface area contributed by atoms with Crippen molar-refractivity contribution >= 4 is 6.21 Å². The van der Waals surface area contributed by atoms with Gasteiger partial charge in [0.15, 0.2) is 6.79 Å². The Labute approximate surface area is 167 Å². The Morgan fingerprint density at radius 2 is 1.64 bits per heavy atom. The van der Waals surface area contributed by atoms with Crippen LogP contribution in [0.15, 0.2) is 53.7 Å². The van der Waals surface area contributed by atoms with Gasteiger partial charge in [0.2, 0.25) is 0 Å². The van der Waals surface area contributed by atoms with E-state index < -0.39 is 0 Å². The van der Waals surface area contributed by atoms with Crippen molar-refractivity contribution in [2.24, 2.45) is 5.16 Å². The van der Waals surface area contributed by atoms with Crippen molar-refractivity contribution in [1.29, 1.82) is 0 Å². The number of ether oxygens (including phenoxy) is 3.